The fraction of sp³-hybridized carbons (Fsp3) is 0.105. The Hall–Kier alpha value is -2.86. The molecule has 3 nitrogen and oxygen atoms in total. The fourth-order valence-electron chi connectivity index (χ4n) is 3.30. The molecule has 0 saturated heterocycles. The van der Waals surface area contributed by atoms with Crippen molar-refractivity contribution in [2.75, 3.05) is 4.90 Å². The third-order valence-corrected chi connectivity index (χ3v) is 4.45. The van der Waals surface area contributed by atoms with Crippen molar-refractivity contribution in [3.8, 4) is 0 Å². The van der Waals surface area contributed by atoms with Gasteiger partial charge in [0.2, 0.25) is 0 Å². The summed E-state index contributed by atoms with van der Waals surface area (Å²) in [6.07, 6.45) is -5.15. The van der Waals surface area contributed by atoms with E-state index in [2.05, 4.69) is 0 Å². The second-order valence-corrected chi connectivity index (χ2v) is 5.87. The maximum atomic E-state index is 13.8. The van der Waals surface area contributed by atoms with Crippen LogP contribution in [0.25, 0.3) is 10.8 Å². The standard InChI is InChI=1S/C19H12F3NO2/c20-19(21,22)18(25)16-14-9-5-4-6-12(14)10-11-15(16)23(17(18)24)13-7-2-1-3-8-13/h1-11,25H/t18-/m0/s1. The van der Waals surface area contributed by atoms with Crippen LogP contribution in [0.1, 0.15) is 5.56 Å². The first-order chi connectivity index (χ1) is 11.9. The summed E-state index contributed by atoms with van der Waals surface area (Å²) in [7, 11) is 0. The molecule has 0 bridgehead atoms. The Balaban J connectivity index is 2.10. The summed E-state index contributed by atoms with van der Waals surface area (Å²) in [4.78, 5) is 13.7. The molecule has 4 rings (SSSR count). The van der Waals surface area contributed by atoms with Crippen LogP contribution in [-0.2, 0) is 10.4 Å². The number of amides is 1. The van der Waals surface area contributed by atoms with Crippen molar-refractivity contribution in [1.82, 2.24) is 0 Å². The third-order valence-electron chi connectivity index (χ3n) is 4.45. The second-order valence-electron chi connectivity index (χ2n) is 5.87. The van der Waals surface area contributed by atoms with Gasteiger partial charge in [-0.05, 0) is 29.0 Å². The molecule has 1 heterocycles. The van der Waals surface area contributed by atoms with Crippen LogP contribution in [0.2, 0.25) is 0 Å². The lowest BCUT2D eigenvalue weighted by atomic mass is 9.90. The Morgan fingerprint density at radius 1 is 0.880 bits per heavy atom. The molecule has 3 aromatic rings. The molecule has 126 valence electrons. The third kappa shape index (κ3) is 2.01. The van der Waals surface area contributed by atoms with Crippen LogP contribution in [0.4, 0.5) is 24.5 Å². The first-order valence-electron chi connectivity index (χ1n) is 7.56. The number of aliphatic hydroxyl groups is 1. The molecule has 1 atom stereocenters. The molecule has 0 radical (unpaired) electrons. The lowest BCUT2D eigenvalue weighted by Crippen LogP contribution is -2.49. The molecule has 0 spiro atoms. The molecule has 1 amide bonds. The van der Waals surface area contributed by atoms with Gasteiger partial charge >= 0.3 is 6.18 Å². The Kier molecular flexibility index (Phi) is 3.17. The van der Waals surface area contributed by atoms with Crippen molar-refractivity contribution in [3.63, 3.8) is 0 Å². The van der Waals surface area contributed by atoms with E-state index >= 15 is 0 Å². The summed E-state index contributed by atoms with van der Waals surface area (Å²) in [5.74, 6) is -1.42. The van der Waals surface area contributed by atoms with E-state index < -0.39 is 23.2 Å². The van der Waals surface area contributed by atoms with Gasteiger partial charge in [-0.25, -0.2) is 0 Å². The van der Waals surface area contributed by atoms with Crippen molar-refractivity contribution >= 4 is 28.1 Å². The van der Waals surface area contributed by atoms with E-state index in [1.165, 1.54) is 24.3 Å². The number of rotatable bonds is 1. The number of carbonyl (C=O) groups excluding carboxylic acids is 1. The van der Waals surface area contributed by atoms with Gasteiger partial charge in [0, 0.05) is 11.3 Å². The van der Waals surface area contributed by atoms with Crippen LogP contribution in [0.5, 0.6) is 0 Å². The van der Waals surface area contributed by atoms with E-state index in [9.17, 15) is 23.1 Å². The lowest BCUT2D eigenvalue weighted by molar-refractivity contribution is -0.252. The first-order valence-corrected chi connectivity index (χ1v) is 7.56. The van der Waals surface area contributed by atoms with Gasteiger partial charge in [-0.3, -0.25) is 9.69 Å². The Labute approximate surface area is 140 Å². The number of alkyl halides is 3. The first kappa shape index (κ1) is 15.7. The number of para-hydroxylation sites is 1. The van der Waals surface area contributed by atoms with Crippen molar-refractivity contribution in [3.05, 3.63) is 72.3 Å². The maximum absolute atomic E-state index is 13.8. The molecule has 1 N–H and O–H groups in total. The topological polar surface area (TPSA) is 40.5 Å². The van der Waals surface area contributed by atoms with Crippen LogP contribution in [0.15, 0.2) is 66.7 Å². The molecular weight excluding hydrogens is 331 g/mol. The van der Waals surface area contributed by atoms with Gasteiger partial charge in [-0.1, -0.05) is 48.5 Å². The van der Waals surface area contributed by atoms with Crippen molar-refractivity contribution in [1.29, 1.82) is 0 Å². The van der Waals surface area contributed by atoms with Crippen LogP contribution in [0.3, 0.4) is 0 Å². The van der Waals surface area contributed by atoms with E-state index in [4.69, 9.17) is 0 Å². The smallest absolute Gasteiger partial charge is 0.368 e. The quantitative estimate of drug-likeness (QED) is 0.717. The van der Waals surface area contributed by atoms with Gasteiger partial charge in [-0.2, -0.15) is 13.2 Å². The molecule has 0 unspecified atom stereocenters. The number of fused-ring (bicyclic) bond motifs is 3. The monoisotopic (exact) mass is 343 g/mol. The molecule has 0 saturated carbocycles. The predicted octanol–water partition coefficient (Wildman–Crippen LogP) is 4.27. The zero-order valence-corrected chi connectivity index (χ0v) is 12.8. The minimum atomic E-state index is -5.15. The highest BCUT2D eigenvalue weighted by Gasteiger charge is 2.67. The maximum Gasteiger partial charge on any atom is 0.430 e. The normalized spacial score (nSPS) is 20.2. The molecule has 6 heteroatoms. The van der Waals surface area contributed by atoms with Gasteiger partial charge in [0.25, 0.3) is 11.5 Å². The minimum Gasteiger partial charge on any atom is -0.368 e. The summed E-state index contributed by atoms with van der Waals surface area (Å²) in [6.45, 7) is 0. The summed E-state index contributed by atoms with van der Waals surface area (Å²) < 4.78 is 41.4. The Morgan fingerprint density at radius 2 is 1.52 bits per heavy atom. The number of benzene rings is 3. The highest BCUT2D eigenvalue weighted by atomic mass is 19.4. The minimum absolute atomic E-state index is 0.0368. The van der Waals surface area contributed by atoms with Crippen molar-refractivity contribution in [2.24, 2.45) is 0 Å². The fourth-order valence-corrected chi connectivity index (χ4v) is 3.30. The number of halogens is 3. The summed E-state index contributed by atoms with van der Waals surface area (Å²) >= 11 is 0. The highest BCUT2D eigenvalue weighted by Crippen LogP contribution is 2.53. The average molecular weight is 343 g/mol. The van der Waals surface area contributed by atoms with E-state index in [0.717, 1.165) is 4.90 Å². The van der Waals surface area contributed by atoms with Gasteiger partial charge < -0.3 is 5.11 Å². The van der Waals surface area contributed by atoms with Crippen molar-refractivity contribution < 1.29 is 23.1 Å². The van der Waals surface area contributed by atoms with Gasteiger partial charge in [0.15, 0.2) is 0 Å². The van der Waals surface area contributed by atoms with Crippen molar-refractivity contribution in [2.45, 2.75) is 11.8 Å². The molecule has 3 aromatic carbocycles. The van der Waals surface area contributed by atoms with E-state index in [0.29, 0.717) is 5.39 Å². The Bertz CT molecular complexity index is 985. The van der Waals surface area contributed by atoms with Crippen LogP contribution < -0.4 is 4.90 Å². The number of hydrogen-bond acceptors (Lipinski definition) is 2. The summed E-state index contributed by atoms with van der Waals surface area (Å²) in [6, 6.07) is 17.4. The van der Waals surface area contributed by atoms with E-state index in [1.54, 1.807) is 42.5 Å². The lowest BCUT2D eigenvalue weighted by Gasteiger charge is -2.26. The SMILES string of the molecule is O=C1N(c2ccccc2)c2ccc3ccccc3c2[C@@]1(O)C(F)(F)F. The van der Waals surface area contributed by atoms with Gasteiger partial charge in [0.1, 0.15) is 0 Å². The summed E-state index contributed by atoms with van der Waals surface area (Å²) in [5.41, 5.74) is -3.70. The predicted molar refractivity (Wildman–Crippen MR) is 87.5 cm³/mol. The van der Waals surface area contributed by atoms with Crippen LogP contribution in [-0.4, -0.2) is 17.2 Å². The van der Waals surface area contributed by atoms with Crippen LogP contribution in [0, 0.1) is 0 Å². The number of anilines is 2. The molecule has 1 aliphatic rings. The van der Waals surface area contributed by atoms with Gasteiger partial charge in [-0.15, -0.1) is 0 Å². The van der Waals surface area contributed by atoms with E-state index in [-0.39, 0.29) is 16.8 Å². The molecule has 0 fully saturated rings. The zero-order chi connectivity index (χ0) is 17.8. The molecule has 25 heavy (non-hydrogen) atoms. The summed E-state index contributed by atoms with van der Waals surface area (Å²) in [5, 5.41) is 11.3. The highest BCUT2D eigenvalue weighted by molar-refractivity contribution is 6.16. The van der Waals surface area contributed by atoms with E-state index in [1.807, 2.05) is 0 Å². The van der Waals surface area contributed by atoms with Gasteiger partial charge in [0.05, 0.1) is 5.69 Å². The Morgan fingerprint density at radius 3 is 2.20 bits per heavy atom. The van der Waals surface area contributed by atoms with Crippen LogP contribution >= 0.6 is 0 Å². The zero-order valence-electron chi connectivity index (χ0n) is 12.8. The number of hydrogen-bond donors (Lipinski definition) is 1. The average Bonchev–Trinajstić information content (AvgIpc) is 2.84. The molecule has 0 aliphatic carbocycles. The molecule has 0 aromatic heterocycles. The second kappa shape index (κ2) is 5.07. The number of nitrogens with zero attached hydrogens (tertiary/aromatic N) is 1. The largest absolute Gasteiger partial charge is 0.430 e. The molecule has 1 aliphatic heterocycles. The molecular formula is C19H12F3NO2. The number of carbonyl (C=O) groups is 1.